The van der Waals surface area contributed by atoms with E-state index in [1.807, 2.05) is 19.9 Å². The van der Waals surface area contributed by atoms with Gasteiger partial charge in [-0.05, 0) is 23.6 Å². The molecular formula is C16H20N2O4. The van der Waals surface area contributed by atoms with Crippen LogP contribution in [0.3, 0.4) is 0 Å². The lowest BCUT2D eigenvalue weighted by molar-refractivity contribution is -0.385. The van der Waals surface area contributed by atoms with Crippen molar-refractivity contribution in [3.63, 3.8) is 0 Å². The van der Waals surface area contributed by atoms with E-state index < -0.39 is 6.10 Å². The van der Waals surface area contributed by atoms with Crippen molar-refractivity contribution in [1.29, 1.82) is 0 Å². The molecule has 1 atom stereocenters. The Kier molecular flexibility index (Phi) is 5.30. The molecular weight excluding hydrogens is 284 g/mol. The summed E-state index contributed by atoms with van der Waals surface area (Å²) in [7, 11) is 0. The van der Waals surface area contributed by atoms with Gasteiger partial charge in [0.25, 0.3) is 5.69 Å². The molecule has 0 saturated carbocycles. The minimum absolute atomic E-state index is 0.100. The van der Waals surface area contributed by atoms with Gasteiger partial charge in [0.2, 0.25) is 0 Å². The molecule has 1 heterocycles. The maximum Gasteiger partial charge on any atom is 0.273 e. The van der Waals surface area contributed by atoms with Crippen LogP contribution in [-0.2, 0) is 6.54 Å². The highest BCUT2D eigenvalue weighted by molar-refractivity contribution is 5.45. The molecule has 0 aliphatic carbocycles. The Morgan fingerprint density at radius 2 is 2.14 bits per heavy atom. The monoisotopic (exact) mass is 304 g/mol. The first-order valence-corrected chi connectivity index (χ1v) is 7.18. The smallest absolute Gasteiger partial charge is 0.273 e. The second-order valence-corrected chi connectivity index (χ2v) is 5.47. The lowest BCUT2D eigenvalue weighted by atomic mass is 9.99. The lowest BCUT2D eigenvalue weighted by Crippen LogP contribution is -2.20. The molecule has 0 radical (unpaired) electrons. The third kappa shape index (κ3) is 3.93. The van der Waals surface area contributed by atoms with Crippen LogP contribution >= 0.6 is 0 Å². The largest absolute Gasteiger partial charge is 0.467 e. The van der Waals surface area contributed by atoms with E-state index in [9.17, 15) is 15.2 Å². The highest BCUT2D eigenvalue weighted by Crippen LogP contribution is 2.27. The van der Waals surface area contributed by atoms with Gasteiger partial charge in [-0.3, -0.25) is 10.1 Å². The van der Waals surface area contributed by atoms with Gasteiger partial charge < -0.3 is 14.8 Å². The van der Waals surface area contributed by atoms with Crippen LogP contribution < -0.4 is 5.32 Å². The molecule has 6 nitrogen and oxygen atoms in total. The summed E-state index contributed by atoms with van der Waals surface area (Å²) in [6.45, 7) is 4.62. The molecule has 0 saturated heterocycles. The van der Waals surface area contributed by atoms with E-state index in [1.165, 1.54) is 6.26 Å². The number of benzene rings is 1. The van der Waals surface area contributed by atoms with Crippen LogP contribution in [0.1, 0.15) is 42.8 Å². The van der Waals surface area contributed by atoms with E-state index >= 15 is 0 Å². The van der Waals surface area contributed by atoms with Crippen LogP contribution in [0.2, 0.25) is 0 Å². The zero-order valence-corrected chi connectivity index (χ0v) is 12.7. The summed E-state index contributed by atoms with van der Waals surface area (Å²) in [5.41, 5.74) is 1.67. The van der Waals surface area contributed by atoms with Crippen molar-refractivity contribution in [2.45, 2.75) is 32.4 Å². The van der Waals surface area contributed by atoms with Crippen molar-refractivity contribution >= 4 is 5.69 Å². The first-order valence-electron chi connectivity index (χ1n) is 7.18. The minimum Gasteiger partial charge on any atom is -0.467 e. The minimum atomic E-state index is -0.736. The number of rotatable bonds is 7. The van der Waals surface area contributed by atoms with Crippen molar-refractivity contribution in [2.75, 3.05) is 6.54 Å². The second-order valence-electron chi connectivity index (χ2n) is 5.47. The average molecular weight is 304 g/mol. The number of aliphatic hydroxyl groups is 1. The Morgan fingerprint density at radius 3 is 2.73 bits per heavy atom. The fourth-order valence-corrected chi connectivity index (χ4v) is 2.28. The highest BCUT2D eigenvalue weighted by atomic mass is 16.6. The Bertz CT molecular complexity index is 623. The summed E-state index contributed by atoms with van der Waals surface area (Å²) >= 11 is 0. The first-order chi connectivity index (χ1) is 10.5. The standard InChI is InChI=1S/C16H20N2O4/c1-11(2)13-6-5-12(8-14(13)18(20)21)9-17-10-15(19)16-4-3-7-22-16/h3-8,11,15,17,19H,9-10H2,1-2H3. The predicted octanol–water partition coefficient (Wildman–Crippen LogP) is 3.13. The zero-order valence-electron chi connectivity index (χ0n) is 12.7. The van der Waals surface area contributed by atoms with Gasteiger partial charge in [0.05, 0.1) is 11.2 Å². The van der Waals surface area contributed by atoms with E-state index in [1.54, 1.807) is 24.3 Å². The van der Waals surface area contributed by atoms with Crippen LogP contribution in [0.25, 0.3) is 0 Å². The van der Waals surface area contributed by atoms with Gasteiger partial charge in [-0.2, -0.15) is 0 Å². The number of hydrogen-bond donors (Lipinski definition) is 2. The van der Waals surface area contributed by atoms with Crippen LogP contribution in [0.5, 0.6) is 0 Å². The SMILES string of the molecule is CC(C)c1ccc(CNCC(O)c2ccco2)cc1[N+](=O)[O-]. The molecule has 0 amide bonds. The maximum atomic E-state index is 11.1. The normalized spacial score (nSPS) is 12.5. The van der Waals surface area contributed by atoms with Crippen molar-refractivity contribution in [3.05, 3.63) is 63.6 Å². The summed E-state index contributed by atoms with van der Waals surface area (Å²) in [6.07, 6.45) is 0.770. The molecule has 22 heavy (non-hydrogen) atoms. The molecule has 0 bridgehead atoms. The molecule has 118 valence electrons. The van der Waals surface area contributed by atoms with E-state index in [4.69, 9.17) is 4.42 Å². The molecule has 0 aliphatic heterocycles. The second kappa shape index (κ2) is 7.20. The van der Waals surface area contributed by atoms with Gasteiger partial charge in [0.15, 0.2) is 0 Å². The number of aliphatic hydroxyl groups excluding tert-OH is 1. The van der Waals surface area contributed by atoms with Crippen molar-refractivity contribution in [2.24, 2.45) is 0 Å². The molecule has 0 aliphatic rings. The van der Waals surface area contributed by atoms with Crippen LogP contribution in [0, 0.1) is 10.1 Å². The molecule has 2 N–H and O–H groups in total. The topological polar surface area (TPSA) is 88.5 Å². The quantitative estimate of drug-likeness (QED) is 0.606. The predicted molar refractivity (Wildman–Crippen MR) is 82.6 cm³/mol. The van der Waals surface area contributed by atoms with Crippen molar-refractivity contribution < 1.29 is 14.4 Å². The maximum absolute atomic E-state index is 11.1. The molecule has 2 rings (SSSR count). The lowest BCUT2D eigenvalue weighted by Gasteiger charge is -2.11. The number of nitrogens with one attached hydrogen (secondary N) is 1. The molecule has 2 aromatic rings. The van der Waals surface area contributed by atoms with Crippen molar-refractivity contribution in [1.82, 2.24) is 5.32 Å². The van der Waals surface area contributed by atoms with Gasteiger partial charge in [-0.25, -0.2) is 0 Å². The Hall–Kier alpha value is -2.18. The molecule has 6 heteroatoms. The first kappa shape index (κ1) is 16.2. The fourth-order valence-electron chi connectivity index (χ4n) is 2.28. The molecule has 1 aromatic heterocycles. The van der Waals surface area contributed by atoms with Gasteiger partial charge in [-0.1, -0.05) is 26.0 Å². The van der Waals surface area contributed by atoms with Gasteiger partial charge in [-0.15, -0.1) is 0 Å². The number of nitrogens with zero attached hydrogens (tertiary/aromatic N) is 1. The number of nitro benzene ring substituents is 1. The number of hydrogen-bond acceptors (Lipinski definition) is 5. The van der Waals surface area contributed by atoms with Crippen LogP contribution in [0.4, 0.5) is 5.69 Å². The molecule has 1 aromatic carbocycles. The summed E-state index contributed by atoms with van der Waals surface area (Å²) in [4.78, 5) is 10.8. The Balaban J connectivity index is 1.98. The summed E-state index contributed by atoms with van der Waals surface area (Å²) < 4.78 is 5.11. The Labute approximate surface area is 128 Å². The van der Waals surface area contributed by atoms with Gasteiger partial charge in [0, 0.05) is 24.7 Å². The summed E-state index contributed by atoms with van der Waals surface area (Å²) in [5, 5.41) is 24.1. The number of nitro groups is 1. The van der Waals surface area contributed by atoms with Gasteiger partial charge >= 0.3 is 0 Å². The average Bonchev–Trinajstić information content (AvgIpc) is 3.01. The van der Waals surface area contributed by atoms with E-state index in [2.05, 4.69) is 5.32 Å². The molecule has 1 unspecified atom stereocenters. The van der Waals surface area contributed by atoms with E-state index in [0.29, 0.717) is 18.8 Å². The molecule has 0 spiro atoms. The van der Waals surface area contributed by atoms with E-state index in [-0.39, 0.29) is 16.5 Å². The van der Waals surface area contributed by atoms with Crippen LogP contribution in [0.15, 0.2) is 41.0 Å². The summed E-state index contributed by atoms with van der Waals surface area (Å²) in [5.74, 6) is 0.594. The fraction of sp³-hybridized carbons (Fsp3) is 0.375. The Morgan fingerprint density at radius 1 is 1.36 bits per heavy atom. The highest BCUT2D eigenvalue weighted by Gasteiger charge is 2.17. The number of furan rings is 1. The third-order valence-corrected chi connectivity index (χ3v) is 3.45. The zero-order chi connectivity index (χ0) is 16.1. The molecule has 0 fully saturated rings. The summed E-state index contributed by atoms with van der Waals surface area (Å²) in [6, 6.07) is 8.67. The van der Waals surface area contributed by atoms with E-state index in [0.717, 1.165) is 11.1 Å². The van der Waals surface area contributed by atoms with Gasteiger partial charge in [0.1, 0.15) is 11.9 Å². The van der Waals surface area contributed by atoms with Crippen molar-refractivity contribution in [3.8, 4) is 0 Å². The van der Waals surface area contributed by atoms with Crippen LogP contribution in [-0.4, -0.2) is 16.6 Å². The third-order valence-electron chi connectivity index (χ3n) is 3.45.